The molecule has 0 saturated heterocycles. The first-order valence-corrected chi connectivity index (χ1v) is 5.99. The van der Waals surface area contributed by atoms with Crippen molar-refractivity contribution in [3.63, 3.8) is 0 Å². The van der Waals surface area contributed by atoms with Crippen LogP contribution < -0.4 is 11.1 Å². The average Bonchev–Trinajstić information content (AvgIpc) is 2.44. The van der Waals surface area contributed by atoms with Gasteiger partial charge in [0.1, 0.15) is 17.2 Å². The Bertz CT molecular complexity index is 739. The number of nitrogens with two attached hydrogens (primary N) is 1. The maximum Gasteiger partial charge on any atom is 0.154 e. The van der Waals surface area contributed by atoms with E-state index in [-0.39, 0.29) is 5.82 Å². The van der Waals surface area contributed by atoms with Crippen LogP contribution in [0.2, 0.25) is 5.02 Å². The Labute approximate surface area is 114 Å². The van der Waals surface area contributed by atoms with Crippen molar-refractivity contribution < 1.29 is 0 Å². The van der Waals surface area contributed by atoms with E-state index in [2.05, 4.69) is 20.3 Å². The van der Waals surface area contributed by atoms with Crippen LogP contribution in [0.3, 0.4) is 0 Å². The van der Waals surface area contributed by atoms with Gasteiger partial charge >= 0.3 is 0 Å². The van der Waals surface area contributed by atoms with Crippen molar-refractivity contribution in [3.8, 4) is 0 Å². The third kappa shape index (κ3) is 2.15. The quantitative estimate of drug-likeness (QED) is 0.749. The lowest BCUT2D eigenvalue weighted by molar-refractivity contribution is 1.18. The minimum atomic E-state index is 0.251. The predicted octanol–water partition coefficient (Wildman–Crippen LogP) is 3.00. The van der Waals surface area contributed by atoms with Crippen molar-refractivity contribution in [2.75, 3.05) is 11.1 Å². The summed E-state index contributed by atoms with van der Waals surface area (Å²) in [5.74, 6) is 0.736. The smallest absolute Gasteiger partial charge is 0.154 e. The number of hydrogen-bond donors (Lipinski definition) is 2. The maximum atomic E-state index is 6.07. The van der Waals surface area contributed by atoms with E-state index in [1.54, 1.807) is 12.4 Å². The van der Waals surface area contributed by atoms with Crippen molar-refractivity contribution in [1.82, 2.24) is 15.0 Å². The molecule has 94 valence electrons. The molecule has 0 saturated carbocycles. The van der Waals surface area contributed by atoms with E-state index in [1.807, 2.05) is 24.3 Å². The SMILES string of the molecule is Nc1ncnc(Nc2cccc3cnccc23)c1Cl. The van der Waals surface area contributed by atoms with Gasteiger partial charge in [-0.15, -0.1) is 0 Å². The molecule has 0 aliphatic heterocycles. The van der Waals surface area contributed by atoms with E-state index in [9.17, 15) is 0 Å². The third-order valence-corrected chi connectivity index (χ3v) is 3.12. The monoisotopic (exact) mass is 271 g/mol. The van der Waals surface area contributed by atoms with Crippen LogP contribution in [0.5, 0.6) is 0 Å². The van der Waals surface area contributed by atoms with Gasteiger partial charge in [0.05, 0.1) is 0 Å². The van der Waals surface area contributed by atoms with Crippen LogP contribution in [0.4, 0.5) is 17.3 Å². The molecule has 0 amide bonds. The topological polar surface area (TPSA) is 76.7 Å². The molecule has 0 spiro atoms. The summed E-state index contributed by atoms with van der Waals surface area (Å²) in [6.07, 6.45) is 4.91. The summed E-state index contributed by atoms with van der Waals surface area (Å²) in [5.41, 5.74) is 6.54. The maximum absolute atomic E-state index is 6.07. The van der Waals surface area contributed by atoms with Gasteiger partial charge in [0.2, 0.25) is 0 Å². The zero-order valence-electron chi connectivity index (χ0n) is 9.84. The number of hydrogen-bond acceptors (Lipinski definition) is 5. The number of fused-ring (bicyclic) bond motifs is 1. The number of anilines is 3. The number of aromatic nitrogens is 3. The van der Waals surface area contributed by atoms with Crippen LogP contribution >= 0.6 is 11.6 Å². The van der Waals surface area contributed by atoms with Crippen LogP contribution in [0.1, 0.15) is 0 Å². The lowest BCUT2D eigenvalue weighted by atomic mass is 10.1. The van der Waals surface area contributed by atoms with Gasteiger partial charge in [0.15, 0.2) is 5.82 Å². The van der Waals surface area contributed by atoms with Crippen molar-refractivity contribution in [2.45, 2.75) is 0 Å². The zero-order chi connectivity index (χ0) is 13.2. The number of nitrogens with zero attached hydrogens (tertiary/aromatic N) is 3. The number of benzene rings is 1. The van der Waals surface area contributed by atoms with Crippen LogP contribution in [0.25, 0.3) is 10.8 Å². The molecule has 5 nitrogen and oxygen atoms in total. The Morgan fingerprint density at radius 3 is 2.95 bits per heavy atom. The second-order valence-corrected chi connectivity index (χ2v) is 4.33. The zero-order valence-corrected chi connectivity index (χ0v) is 10.6. The Kier molecular flexibility index (Phi) is 2.89. The summed E-state index contributed by atoms with van der Waals surface area (Å²) in [7, 11) is 0. The Morgan fingerprint density at radius 1 is 1.16 bits per heavy atom. The molecule has 0 aliphatic carbocycles. The van der Waals surface area contributed by atoms with Gasteiger partial charge in [-0.1, -0.05) is 23.7 Å². The second kappa shape index (κ2) is 4.70. The summed E-state index contributed by atoms with van der Waals surface area (Å²) in [4.78, 5) is 12.0. The van der Waals surface area contributed by atoms with E-state index < -0.39 is 0 Å². The molecule has 2 heterocycles. The second-order valence-electron chi connectivity index (χ2n) is 3.95. The molecule has 0 bridgehead atoms. The fraction of sp³-hybridized carbons (Fsp3) is 0. The van der Waals surface area contributed by atoms with E-state index in [0.29, 0.717) is 10.8 Å². The van der Waals surface area contributed by atoms with Gasteiger partial charge in [-0.3, -0.25) is 4.98 Å². The molecule has 1 aromatic carbocycles. The van der Waals surface area contributed by atoms with E-state index in [1.165, 1.54) is 6.33 Å². The van der Waals surface area contributed by atoms with E-state index in [0.717, 1.165) is 16.5 Å². The minimum Gasteiger partial charge on any atom is -0.382 e. The average molecular weight is 272 g/mol. The predicted molar refractivity (Wildman–Crippen MR) is 76.5 cm³/mol. The first-order chi connectivity index (χ1) is 9.25. The number of nitrogen functional groups attached to an aromatic ring is 1. The Hall–Kier alpha value is -2.40. The largest absolute Gasteiger partial charge is 0.382 e. The fourth-order valence-corrected chi connectivity index (χ4v) is 1.97. The summed E-state index contributed by atoms with van der Waals surface area (Å²) in [6, 6.07) is 7.79. The van der Waals surface area contributed by atoms with E-state index in [4.69, 9.17) is 17.3 Å². The summed E-state index contributed by atoms with van der Waals surface area (Å²) >= 11 is 6.07. The molecule has 0 aliphatic rings. The molecule has 0 unspecified atom stereocenters. The lowest BCUT2D eigenvalue weighted by Crippen LogP contribution is -2.00. The molecule has 19 heavy (non-hydrogen) atoms. The van der Waals surface area contributed by atoms with Crippen LogP contribution in [0, 0.1) is 0 Å². The minimum absolute atomic E-state index is 0.251. The molecule has 3 rings (SSSR count). The Morgan fingerprint density at radius 2 is 2.05 bits per heavy atom. The standard InChI is InChI=1S/C13H10ClN5/c14-11-12(15)17-7-18-13(11)19-10-3-1-2-8-6-16-5-4-9(8)10/h1-7H,(H3,15,17,18,19). The molecule has 6 heteroatoms. The lowest BCUT2D eigenvalue weighted by Gasteiger charge is -2.10. The van der Waals surface area contributed by atoms with Crippen molar-refractivity contribution in [2.24, 2.45) is 0 Å². The number of halogens is 1. The molecule has 0 radical (unpaired) electrons. The first kappa shape index (κ1) is 11.7. The highest BCUT2D eigenvalue weighted by Gasteiger charge is 2.08. The van der Waals surface area contributed by atoms with Gasteiger partial charge in [0.25, 0.3) is 0 Å². The summed E-state index contributed by atoms with van der Waals surface area (Å²) < 4.78 is 0. The number of rotatable bonds is 2. The molecule has 3 aromatic rings. The molecular formula is C13H10ClN5. The highest BCUT2D eigenvalue weighted by Crippen LogP contribution is 2.29. The van der Waals surface area contributed by atoms with Gasteiger partial charge in [-0.25, -0.2) is 9.97 Å². The number of pyridine rings is 1. The summed E-state index contributed by atoms with van der Waals surface area (Å²) in [5, 5.41) is 5.54. The van der Waals surface area contributed by atoms with Crippen molar-refractivity contribution in [1.29, 1.82) is 0 Å². The van der Waals surface area contributed by atoms with Gasteiger partial charge < -0.3 is 11.1 Å². The molecule has 2 aromatic heterocycles. The van der Waals surface area contributed by atoms with Crippen molar-refractivity contribution in [3.05, 3.63) is 48.0 Å². The van der Waals surface area contributed by atoms with Gasteiger partial charge in [-0.05, 0) is 12.1 Å². The van der Waals surface area contributed by atoms with Crippen LogP contribution in [-0.2, 0) is 0 Å². The normalized spacial score (nSPS) is 10.6. The Balaban J connectivity index is 2.09. The van der Waals surface area contributed by atoms with Crippen LogP contribution in [-0.4, -0.2) is 15.0 Å². The first-order valence-electron chi connectivity index (χ1n) is 5.61. The fourth-order valence-electron chi connectivity index (χ4n) is 1.83. The summed E-state index contributed by atoms with van der Waals surface area (Å²) in [6.45, 7) is 0. The molecular weight excluding hydrogens is 262 g/mol. The van der Waals surface area contributed by atoms with Gasteiger partial charge in [0, 0.05) is 28.9 Å². The molecule has 3 N–H and O–H groups in total. The van der Waals surface area contributed by atoms with Gasteiger partial charge in [-0.2, -0.15) is 0 Å². The van der Waals surface area contributed by atoms with Crippen molar-refractivity contribution >= 4 is 39.7 Å². The third-order valence-electron chi connectivity index (χ3n) is 2.75. The molecule has 0 fully saturated rings. The highest BCUT2D eigenvalue weighted by atomic mass is 35.5. The highest BCUT2D eigenvalue weighted by molar-refractivity contribution is 6.35. The van der Waals surface area contributed by atoms with E-state index >= 15 is 0 Å². The molecule has 0 atom stereocenters. The van der Waals surface area contributed by atoms with Crippen LogP contribution in [0.15, 0.2) is 43.0 Å². The number of nitrogens with one attached hydrogen (secondary N) is 1.